The van der Waals surface area contributed by atoms with E-state index in [1.165, 1.54) is 49.3 Å². The molecule has 1 aliphatic heterocycles. The number of benzene rings is 6. The molecule has 3 aromatic heterocycles. The van der Waals surface area contributed by atoms with Crippen molar-refractivity contribution in [1.82, 2.24) is 9.38 Å². The summed E-state index contributed by atoms with van der Waals surface area (Å²) in [5.41, 5.74) is 11.5. The first-order chi connectivity index (χ1) is 23.3. The predicted molar refractivity (Wildman–Crippen MR) is 195 cm³/mol. The van der Waals surface area contributed by atoms with Crippen LogP contribution in [-0.2, 0) is 20.1 Å². The van der Waals surface area contributed by atoms with E-state index in [0.717, 1.165) is 28.3 Å². The summed E-state index contributed by atoms with van der Waals surface area (Å²) in [6.07, 6.45) is 1.87. The van der Waals surface area contributed by atoms with Crippen LogP contribution >= 0.6 is 0 Å². The zero-order chi connectivity index (χ0) is 31.3. The molecule has 9 aromatic rings. The molecule has 6 aromatic carbocycles. The van der Waals surface area contributed by atoms with E-state index in [-0.39, 0.29) is 20.1 Å². The van der Waals surface area contributed by atoms with E-state index in [1.54, 1.807) is 0 Å². The number of rotatable bonds is 3. The third-order valence-corrected chi connectivity index (χ3v) is 8.96. The van der Waals surface area contributed by atoms with E-state index < -0.39 is 0 Å². The fraction of sp³-hybridized carbons (Fsp3) is 0.0233. The molecule has 0 saturated heterocycles. The Kier molecular flexibility index (Phi) is 7.64. The van der Waals surface area contributed by atoms with Gasteiger partial charge in [0.15, 0.2) is 0 Å². The molecule has 1 aliphatic rings. The summed E-state index contributed by atoms with van der Waals surface area (Å²) in [5, 5.41) is 5.01. The van der Waals surface area contributed by atoms with Crippen molar-refractivity contribution < 1.29 is 20.1 Å². The monoisotopic (exact) mass is 794 g/mol. The van der Waals surface area contributed by atoms with Crippen molar-refractivity contribution in [3.05, 3.63) is 176 Å². The van der Waals surface area contributed by atoms with Crippen molar-refractivity contribution in [1.29, 1.82) is 0 Å². The van der Waals surface area contributed by atoms with Gasteiger partial charge in [-0.1, -0.05) is 89.9 Å². The zero-order valence-corrected chi connectivity index (χ0v) is 28.5. The van der Waals surface area contributed by atoms with Gasteiger partial charge in [0.25, 0.3) is 0 Å². The minimum atomic E-state index is 0. The topological polar surface area (TPSA) is 23.8 Å². The quantitative estimate of drug-likeness (QED) is 0.167. The third kappa shape index (κ3) is 4.83. The van der Waals surface area contributed by atoms with Gasteiger partial charge in [0, 0.05) is 34.3 Å². The van der Waals surface area contributed by atoms with Crippen LogP contribution < -0.4 is 9.80 Å². The normalized spacial score (nSPS) is 12.4. The fourth-order valence-corrected chi connectivity index (χ4v) is 6.82. The number of hydrogen-bond acceptors (Lipinski definition) is 3. The standard InChI is InChI=1S/C31H19N3.C12H10N.Ir/c1-2-10-21(11-3-1)32-20-33(28-17-9-8-16-27(28)32)29-19-18-23-22-12-4-6-14-25(22)34-26-15-7-5-13-24(26)30(29)31(23)34;1-10-7-8-12(13-9-10)11-5-3-2-4-6-11;/h1-18,20H;2-5,7-9H,1H3;/q-2;-1;+3. The second kappa shape index (κ2) is 12.3. The first-order valence-corrected chi connectivity index (χ1v) is 15.8. The van der Waals surface area contributed by atoms with Gasteiger partial charge in [0.2, 0.25) is 0 Å². The Morgan fingerprint density at radius 2 is 1.27 bits per heavy atom. The first kappa shape index (κ1) is 29.9. The number of aryl methyl sites for hydroxylation is 1. The molecule has 48 heavy (non-hydrogen) atoms. The van der Waals surface area contributed by atoms with Gasteiger partial charge >= 0.3 is 20.1 Å². The molecule has 5 heteroatoms. The molecule has 0 atom stereocenters. The number of hydrogen-bond donors (Lipinski definition) is 0. The summed E-state index contributed by atoms with van der Waals surface area (Å²) < 4.78 is 2.42. The molecular formula is C43H29IrN4. The average molecular weight is 794 g/mol. The van der Waals surface area contributed by atoms with Crippen LogP contribution in [0.3, 0.4) is 0 Å². The van der Waals surface area contributed by atoms with E-state index >= 15 is 0 Å². The van der Waals surface area contributed by atoms with E-state index in [9.17, 15) is 0 Å². The summed E-state index contributed by atoms with van der Waals surface area (Å²) >= 11 is 0. The summed E-state index contributed by atoms with van der Waals surface area (Å²) in [6, 6.07) is 57.4. The minimum Gasteiger partial charge on any atom is -0.493 e. The van der Waals surface area contributed by atoms with Crippen molar-refractivity contribution >= 4 is 60.8 Å². The smallest absolute Gasteiger partial charge is 0.493 e. The zero-order valence-electron chi connectivity index (χ0n) is 26.1. The number of para-hydroxylation sites is 5. The molecular weight excluding hydrogens is 765 g/mol. The van der Waals surface area contributed by atoms with Crippen LogP contribution in [0.15, 0.2) is 152 Å². The van der Waals surface area contributed by atoms with Crippen LogP contribution in [0, 0.1) is 25.7 Å². The molecule has 0 fully saturated rings. The molecule has 4 nitrogen and oxygen atoms in total. The number of fused-ring (bicyclic) bond motifs is 7. The van der Waals surface area contributed by atoms with Crippen LogP contribution in [0.4, 0.5) is 22.7 Å². The van der Waals surface area contributed by atoms with Gasteiger partial charge in [0.1, 0.15) is 0 Å². The second-order valence-electron chi connectivity index (χ2n) is 11.8. The summed E-state index contributed by atoms with van der Waals surface area (Å²) in [6.45, 7) is 4.23. The van der Waals surface area contributed by atoms with Crippen LogP contribution in [0.5, 0.6) is 0 Å². The van der Waals surface area contributed by atoms with Gasteiger partial charge < -0.3 is 19.2 Å². The van der Waals surface area contributed by atoms with Crippen molar-refractivity contribution in [3.8, 4) is 11.3 Å². The largest absolute Gasteiger partial charge is 3.00 e. The molecule has 0 N–H and O–H groups in total. The Morgan fingerprint density at radius 1 is 0.604 bits per heavy atom. The van der Waals surface area contributed by atoms with E-state index in [4.69, 9.17) is 0 Å². The number of pyridine rings is 1. The predicted octanol–water partition coefficient (Wildman–Crippen LogP) is 10.9. The van der Waals surface area contributed by atoms with Crippen LogP contribution in [-0.4, -0.2) is 9.38 Å². The van der Waals surface area contributed by atoms with E-state index in [1.807, 2.05) is 43.5 Å². The molecule has 0 amide bonds. The molecule has 4 heterocycles. The molecule has 0 radical (unpaired) electrons. The van der Waals surface area contributed by atoms with Crippen molar-refractivity contribution in [2.24, 2.45) is 0 Å². The number of nitrogens with zero attached hydrogens (tertiary/aromatic N) is 4. The molecule has 10 rings (SSSR count). The van der Waals surface area contributed by atoms with Crippen molar-refractivity contribution in [2.75, 3.05) is 9.80 Å². The number of anilines is 4. The first-order valence-electron chi connectivity index (χ1n) is 15.8. The maximum atomic E-state index is 4.32. The molecule has 230 valence electrons. The van der Waals surface area contributed by atoms with Crippen LogP contribution in [0.2, 0.25) is 0 Å². The second-order valence-corrected chi connectivity index (χ2v) is 11.8. The summed E-state index contributed by atoms with van der Waals surface area (Å²) in [5.74, 6) is 0. The molecule has 0 spiro atoms. The van der Waals surface area contributed by atoms with E-state index in [0.29, 0.717) is 0 Å². The van der Waals surface area contributed by atoms with Gasteiger partial charge in [-0.2, -0.15) is 12.1 Å². The van der Waals surface area contributed by atoms with Crippen LogP contribution in [0.1, 0.15) is 5.56 Å². The molecule has 0 aliphatic carbocycles. The molecule has 0 bridgehead atoms. The number of aromatic nitrogens is 2. The van der Waals surface area contributed by atoms with Gasteiger partial charge in [-0.3, -0.25) is 0 Å². The van der Waals surface area contributed by atoms with Gasteiger partial charge in [-0.05, 0) is 70.9 Å². The third-order valence-electron chi connectivity index (χ3n) is 8.96. The Balaban J connectivity index is 0.000000203. The molecule has 0 unspecified atom stereocenters. The summed E-state index contributed by atoms with van der Waals surface area (Å²) in [4.78, 5) is 8.87. The maximum Gasteiger partial charge on any atom is 3.00 e. The minimum absolute atomic E-state index is 0. The molecule has 0 saturated carbocycles. The average Bonchev–Trinajstić information content (AvgIpc) is 3.81. The maximum absolute atomic E-state index is 4.32. The Morgan fingerprint density at radius 3 is 2.00 bits per heavy atom. The van der Waals surface area contributed by atoms with Gasteiger partial charge in [0.05, 0.1) is 0 Å². The Hall–Kier alpha value is -5.48. The van der Waals surface area contributed by atoms with Crippen LogP contribution in [0.25, 0.3) is 49.4 Å². The van der Waals surface area contributed by atoms with Crippen molar-refractivity contribution in [2.45, 2.75) is 6.92 Å². The fourth-order valence-electron chi connectivity index (χ4n) is 6.82. The SMILES string of the molecule is Cc1ccc(-c2[c-]cccc2)nc1.[Ir+3].[c-]1cc2c3ccccc3n3c4ccccc4c(c1N1[CH-]N(c4ccccc4)c4ccccc41)c23. The summed E-state index contributed by atoms with van der Waals surface area (Å²) in [7, 11) is 0. The van der Waals surface area contributed by atoms with Crippen molar-refractivity contribution in [3.63, 3.8) is 0 Å². The van der Waals surface area contributed by atoms with E-state index in [2.05, 4.69) is 153 Å². The van der Waals surface area contributed by atoms with Gasteiger partial charge in [-0.25, -0.2) is 0 Å². The van der Waals surface area contributed by atoms with Gasteiger partial charge in [-0.15, -0.1) is 48.0 Å². The Bertz CT molecular complexity index is 2510. The Labute approximate surface area is 293 Å².